The first-order valence-electron chi connectivity index (χ1n) is 11.2. The molecule has 160 valence electrons. The molecule has 29 heavy (non-hydrogen) atoms. The van der Waals surface area contributed by atoms with E-state index in [-0.39, 0.29) is 0 Å². The summed E-state index contributed by atoms with van der Waals surface area (Å²) in [6.07, 6.45) is 0. The van der Waals surface area contributed by atoms with E-state index in [0.717, 1.165) is 6.67 Å². The molecule has 0 saturated carbocycles. The predicted molar refractivity (Wildman–Crippen MR) is 131 cm³/mol. The van der Waals surface area contributed by atoms with Crippen LogP contribution in [-0.4, -0.2) is 20.8 Å². The number of benzene rings is 2. The molecule has 2 rings (SSSR count). The molecule has 0 bridgehead atoms. The second-order valence-electron chi connectivity index (χ2n) is 9.73. The molecule has 0 N–H and O–H groups in total. The first-order chi connectivity index (χ1) is 13.6. The molecule has 0 amide bonds. The van der Waals surface area contributed by atoms with Crippen molar-refractivity contribution < 1.29 is 0 Å². The van der Waals surface area contributed by atoms with Crippen LogP contribution in [0.3, 0.4) is 0 Å². The van der Waals surface area contributed by atoms with Crippen molar-refractivity contribution in [3.63, 3.8) is 0 Å². The van der Waals surface area contributed by atoms with E-state index in [1.807, 2.05) is 0 Å². The van der Waals surface area contributed by atoms with Gasteiger partial charge in [-0.1, -0.05) is 91.8 Å². The van der Waals surface area contributed by atoms with Gasteiger partial charge in [-0.2, -0.15) is 0 Å². The fourth-order valence-corrected chi connectivity index (χ4v) is 4.36. The van der Waals surface area contributed by atoms with Gasteiger partial charge < -0.3 is 9.80 Å². The number of rotatable bonds is 8. The van der Waals surface area contributed by atoms with Crippen LogP contribution in [0, 0.1) is 0 Å². The molecule has 2 aromatic carbocycles. The van der Waals surface area contributed by atoms with E-state index in [4.69, 9.17) is 0 Å². The van der Waals surface area contributed by atoms with Crippen LogP contribution < -0.4 is 9.80 Å². The molecule has 0 aliphatic carbocycles. The Morgan fingerprint density at radius 1 is 0.517 bits per heavy atom. The number of nitrogens with zero attached hydrogens (tertiary/aromatic N) is 2. The average molecular weight is 395 g/mol. The van der Waals surface area contributed by atoms with Crippen LogP contribution in [0.5, 0.6) is 0 Å². The lowest BCUT2D eigenvalue weighted by Crippen LogP contribution is -2.35. The highest BCUT2D eigenvalue weighted by Crippen LogP contribution is 2.37. The Kier molecular flexibility index (Phi) is 7.80. The molecular formula is C27H42N2. The molecule has 0 spiro atoms. The second-order valence-corrected chi connectivity index (χ2v) is 9.73. The minimum atomic E-state index is 0.505. The van der Waals surface area contributed by atoms with Gasteiger partial charge in [-0.05, 0) is 45.9 Å². The van der Waals surface area contributed by atoms with Gasteiger partial charge in [-0.3, -0.25) is 0 Å². The minimum absolute atomic E-state index is 0.505. The van der Waals surface area contributed by atoms with Gasteiger partial charge in [0.05, 0.1) is 6.67 Å². The lowest BCUT2D eigenvalue weighted by atomic mass is 9.91. The van der Waals surface area contributed by atoms with E-state index in [0.29, 0.717) is 23.7 Å². The van der Waals surface area contributed by atoms with Gasteiger partial charge in [0.25, 0.3) is 0 Å². The molecule has 0 radical (unpaired) electrons. The molecule has 0 atom stereocenters. The van der Waals surface area contributed by atoms with Gasteiger partial charge in [-0.15, -0.1) is 0 Å². The highest BCUT2D eigenvalue weighted by atomic mass is 15.3. The van der Waals surface area contributed by atoms with Crippen molar-refractivity contribution in [2.45, 2.75) is 79.1 Å². The maximum Gasteiger partial charge on any atom is 0.0897 e. The molecular weight excluding hydrogens is 352 g/mol. The molecule has 0 aliphatic heterocycles. The summed E-state index contributed by atoms with van der Waals surface area (Å²) in [6, 6.07) is 13.6. The molecule has 0 aromatic heterocycles. The van der Waals surface area contributed by atoms with Gasteiger partial charge in [0.15, 0.2) is 0 Å². The van der Waals surface area contributed by atoms with Crippen LogP contribution in [0.25, 0.3) is 0 Å². The summed E-state index contributed by atoms with van der Waals surface area (Å²) in [5.41, 5.74) is 8.55. The molecule has 0 heterocycles. The Labute approximate surface area is 179 Å². The third kappa shape index (κ3) is 5.15. The summed E-state index contributed by atoms with van der Waals surface area (Å²) in [4.78, 5) is 4.90. The largest absolute Gasteiger partial charge is 0.356 e. The summed E-state index contributed by atoms with van der Waals surface area (Å²) in [7, 11) is 4.49. The number of para-hydroxylation sites is 2. The zero-order valence-electron chi connectivity index (χ0n) is 20.4. The van der Waals surface area contributed by atoms with E-state index in [1.165, 1.54) is 33.6 Å². The second kappa shape index (κ2) is 9.69. The van der Waals surface area contributed by atoms with Gasteiger partial charge in [0.1, 0.15) is 0 Å². The normalized spacial score (nSPS) is 11.8. The summed E-state index contributed by atoms with van der Waals surface area (Å²) in [6.45, 7) is 19.2. The van der Waals surface area contributed by atoms with E-state index in [2.05, 4.69) is 116 Å². The van der Waals surface area contributed by atoms with Crippen LogP contribution in [0.4, 0.5) is 11.4 Å². The maximum absolute atomic E-state index is 2.45. The summed E-state index contributed by atoms with van der Waals surface area (Å²) in [5, 5.41) is 0. The van der Waals surface area contributed by atoms with Crippen molar-refractivity contribution in [2.24, 2.45) is 0 Å². The zero-order chi connectivity index (χ0) is 21.9. The van der Waals surface area contributed by atoms with Crippen LogP contribution in [0.1, 0.15) is 101 Å². The predicted octanol–water partition coefficient (Wildman–Crippen LogP) is 7.71. The topological polar surface area (TPSA) is 6.48 Å². The Hall–Kier alpha value is -1.96. The smallest absolute Gasteiger partial charge is 0.0897 e. The van der Waals surface area contributed by atoms with Crippen LogP contribution in [0.2, 0.25) is 0 Å². The quantitative estimate of drug-likeness (QED) is 0.423. The third-order valence-corrected chi connectivity index (χ3v) is 5.87. The van der Waals surface area contributed by atoms with Crippen LogP contribution >= 0.6 is 0 Å². The highest BCUT2D eigenvalue weighted by molar-refractivity contribution is 5.65. The van der Waals surface area contributed by atoms with Crippen LogP contribution in [0.15, 0.2) is 36.4 Å². The molecule has 0 aliphatic rings. The fraction of sp³-hybridized carbons (Fsp3) is 0.556. The summed E-state index contributed by atoms with van der Waals surface area (Å²) < 4.78 is 0. The van der Waals surface area contributed by atoms with E-state index >= 15 is 0 Å². The summed E-state index contributed by atoms with van der Waals surface area (Å²) >= 11 is 0. The zero-order valence-corrected chi connectivity index (χ0v) is 20.4. The first kappa shape index (κ1) is 23.3. The Morgan fingerprint density at radius 2 is 0.759 bits per heavy atom. The molecule has 2 aromatic rings. The number of hydrogen-bond acceptors (Lipinski definition) is 2. The van der Waals surface area contributed by atoms with Crippen molar-refractivity contribution in [1.82, 2.24) is 0 Å². The standard InChI is InChI=1S/C27H42N2/c1-18(2)22-13-11-14-23(19(3)4)26(22)28(9)17-29(10)27-24(20(5)6)15-12-16-25(27)21(7)8/h11-16,18-21H,17H2,1-10H3. The van der Waals surface area contributed by atoms with Gasteiger partial charge in [0.2, 0.25) is 0 Å². The lowest BCUT2D eigenvalue weighted by Gasteiger charge is -2.35. The van der Waals surface area contributed by atoms with Crippen LogP contribution in [-0.2, 0) is 0 Å². The molecule has 2 nitrogen and oxygen atoms in total. The first-order valence-corrected chi connectivity index (χ1v) is 11.2. The van der Waals surface area contributed by atoms with E-state index in [9.17, 15) is 0 Å². The monoisotopic (exact) mass is 394 g/mol. The summed E-state index contributed by atoms with van der Waals surface area (Å²) in [5.74, 6) is 2.02. The van der Waals surface area contributed by atoms with Gasteiger partial charge in [-0.25, -0.2) is 0 Å². The van der Waals surface area contributed by atoms with Crippen molar-refractivity contribution in [3.05, 3.63) is 58.7 Å². The fourth-order valence-electron chi connectivity index (χ4n) is 4.36. The lowest BCUT2D eigenvalue weighted by molar-refractivity contribution is 0.768. The molecule has 2 heteroatoms. The van der Waals surface area contributed by atoms with Crippen molar-refractivity contribution in [1.29, 1.82) is 0 Å². The van der Waals surface area contributed by atoms with E-state index in [1.54, 1.807) is 0 Å². The molecule has 0 fully saturated rings. The highest BCUT2D eigenvalue weighted by Gasteiger charge is 2.21. The van der Waals surface area contributed by atoms with Crippen molar-refractivity contribution in [2.75, 3.05) is 30.6 Å². The van der Waals surface area contributed by atoms with Gasteiger partial charge in [0, 0.05) is 25.5 Å². The number of hydrogen-bond donors (Lipinski definition) is 0. The van der Waals surface area contributed by atoms with E-state index < -0.39 is 0 Å². The Morgan fingerprint density at radius 3 is 0.966 bits per heavy atom. The third-order valence-electron chi connectivity index (χ3n) is 5.87. The SMILES string of the molecule is CC(C)c1cccc(C(C)C)c1N(C)CN(C)c1c(C(C)C)cccc1C(C)C. The molecule has 0 saturated heterocycles. The number of anilines is 2. The minimum Gasteiger partial charge on any atom is -0.356 e. The molecule has 0 unspecified atom stereocenters. The Bertz CT molecular complexity index is 682. The Balaban J connectivity index is 2.49. The van der Waals surface area contributed by atoms with Crippen molar-refractivity contribution in [3.8, 4) is 0 Å². The maximum atomic E-state index is 2.45. The average Bonchev–Trinajstić information content (AvgIpc) is 2.66. The van der Waals surface area contributed by atoms with Gasteiger partial charge >= 0.3 is 0 Å². The van der Waals surface area contributed by atoms with Crippen molar-refractivity contribution >= 4 is 11.4 Å².